The number of halogens is 2. The third kappa shape index (κ3) is 6.03. The van der Waals surface area contributed by atoms with Crippen molar-refractivity contribution < 1.29 is 26.8 Å². The van der Waals surface area contributed by atoms with Gasteiger partial charge in [-0.2, -0.15) is 0 Å². The number of carbonyl (C=O) groups excluding carboxylic acids is 2. The minimum Gasteiger partial charge on any atom is -0.357 e. The van der Waals surface area contributed by atoms with Crippen LogP contribution in [-0.4, -0.2) is 51.0 Å². The van der Waals surface area contributed by atoms with E-state index in [4.69, 9.17) is 0 Å². The highest BCUT2D eigenvalue weighted by Gasteiger charge is 2.31. The highest BCUT2D eigenvalue weighted by Crippen LogP contribution is 2.22. The highest BCUT2D eigenvalue weighted by atomic mass is 32.2. The van der Waals surface area contributed by atoms with Crippen LogP contribution < -0.4 is 9.62 Å². The summed E-state index contributed by atoms with van der Waals surface area (Å²) in [4.78, 5) is 27.1. The smallest absolute Gasteiger partial charge is 0.244 e. The first-order chi connectivity index (χ1) is 15.0. The van der Waals surface area contributed by atoms with E-state index in [-0.39, 0.29) is 12.2 Å². The first kappa shape index (κ1) is 25.3. The fraction of sp³-hybridized carbons (Fsp3) is 0.364. The van der Waals surface area contributed by atoms with Gasteiger partial charge in [-0.15, -0.1) is 0 Å². The SMILES string of the molecule is CC[C@@H](C(=O)NC)N(Cc1ccccc1C)C(=O)CN(c1ccc(F)c(F)c1)S(C)(=O)=O. The summed E-state index contributed by atoms with van der Waals surface area (Å²) in [5, 5.41) is 2.52. The third-order valence-electron chi connectivity index (χ3n) is 5.10. The van der Waals surface area contributed by atoms with Crippen molar-refractivity contribution in [3.8, 4) is 0 Å². The van der Waals surface area contributed by atoms with Gasteiger partial charge in [0.1, 0.15) is 12.6 Å². The third-order valence-corrected chi connectivity index (χ3v) is 6.25. The Balaban J connectivity index is 2.46. The molecule has 0 fully saturated rings. The van der Waals surface area contributed by atoms with Gasteiger partial charge >= 0.3 is 0 Å². The number of hydrogen-bond donors (Lipinski definition) is 1. The zero-order valence-corrected chi connectivity index (χ0v) is 19.2. The lowest BCUT2D eigenvalue weighted by Gasteiger charge is -2.33. The van der Waals surface area contributed by atoms with Crippen molar-refractivity contribution in [1.82, 2.24) is 10.2 Å². The molecular weight excluding hydrogens is 440 g/mol. The molecule has 0 aliphatic carbocycles. The maximum atomic E-state index is 13.7. The van der Waals surface area contributed by atoms with E-state index in [9.17, 15) is 26.8 Å². The summed E-state index contributed by atoms with van der Waals surface area (Å²) < 4.78 is 52.6. The Kier molecular flexibility index (Phi) is 8.31. The number of nitrogens with zero attached hydrogens (tertiary/aromatic N) is 2. The number of nitrogens with one attached hydrogen (secondary N) is 1. The van der Waals surface area contributed by atoms with Gasteiger partial charge in [-0.1, -0.05) is 31.2 Å². The molecule has 7 nitrogen and oxygen atoms in total. The van der Waals surface area contributed by atoms with E-state index in [0.717, 1.165) is 29.5 Å². The van der Waals surface area contributed by atoms with Crippen LogP contribution in [0.15, 0.2) is 42.5 Å². The lowest BCUT2D eigenvalue weighted by molar-refractivity contribution is -0.140. The molecule has 1 N–H and O–H groups in total. The lowest BCUT2D eigenvalue weighted by atomic mass is 10.1. The summed E-state index contributed by atoms with van der Waals surface area (Å²) in [6, 6.07) is 9.06. The number of carbonyl (C=O) groups is 2. The van der Waals surface area contributed by atoms with E-state index in [2.05, 4.69) is 5.32 Å². The lowest BCUT2D eigenvalue weighted by Crippen LogP contribution is -2.51. The minimum absolute atomic E-state index is 0.0762. The molecule has 1 atom stereocenters. The van der Waals surface area contributed by atoms with Gasteiger partial charge in [-0.3, -0.25) is 13.9 Å². The van der Waals surface area contributed by atoms with Crippen molar-refractivity contribution in [2.45, 2.75) is 32.9 Å². The average Bonchev–Trinajstić information content (AvgIpc) is 2.74. The molecule has 0 aromatic heterocycles. The van der Waals surface area contributed by atoms with Crippen molar-refractivity contribution in [3.05, 3.63) is 65.2 Å². The van der Waals surface area contributed by atoms with Crippen molar-refractivity contribution in [3.63, 3.8) is 0 Å². The van der Waals surface area contributed by atoms with Crippen LogP contribution in [0, 0.1) is 18.6 Å². The van der Waals surface area contributed by atoms with Gasteiger partial charge < -0.3 is 10.2 Å². The highest BCUT2D eigenvalue weighted by molar-refractivity contribution is 7.92. The molecule has 10 heteroatoms. The van der Waals surface area contributed by atoms with Crippen LogP contribution in [0.3, 0.4) is 0 Å². The number of sulfonamides is 1. The van der Waals surface area contributed by atoms with E-state index in [1.54, 1.807) is 13.0 Å². The summed E-state index contributed by atoms with van der Waals surface area (Å²) in [6.07, 6.45) is 1.16. The molecule has 0 heterocycles. The van der Waals surface area contributed by atoms with Crippen LogP contribution in [-0.2, 0) is 26.2 Å². The molecule has 2 aromatic carbocycles. The Hall–Kier alpha value is -3.01. The number of amides is 2. The van der Waals surface area contributed by atoms with Gasteiger partial charge in [0.15, 0.2) is 11.6 Å². The second kappa shape index (κ2) is 10.5. The van der Waals surface area contributed by atoms with Crippen LogP contribution in [0.2, 0.25) is 0 Å². The number of likely N-dealkylation sites (N-methyl/N-ethyl adjacent to an activating group) is 1. The summed E-state index contributed by atoms with van der Waals surface area (Å²) in [6.45, 7) is 3.00. The largest absolute Gasteiger partial charge is 0.357 e. The second-order valence-electron chi connectivity index (χ2n) is 7.35. The Morgan fingerprint density at radius 2 is 1.75 bits per heavy atom. The standard InChI is InChI=1S/C22H27F2N3O4S/c1-5-20(22(29)25-3)26(13-16-9-7-6-8-15(16)2)21(28)14-27(32(4,30)31)17-10-11-18(23)19(24)12-17/h6-12,20H,5,13-14H2,1-4H3,(H,25,29)/t20-/m0/s1. The zero-order valence-electron chi connectivity index (χ0n) is 18.4. The monoisotopic (exact) mass is 467 g/mol. The fourth-order valence-corrected chi connectivity index (χ4v) is 4.15. The summed E-state index contributed by atoms with van der Waals surface area (Å²) in [7, 11) is -2.57. The molecule has 2 amide bonds. The van der Waals surface area contributed by atoms with Crippen LogP contribution in [0.1, 0.15) is 24.5 Å². The minimum atomic E-state index is -4.02. The van der Waals surface area contributed by atoms with Crippen LogP contribution in [0.25, 0.3) is 0 Å². The molecule has 0 radical (unpaired) electrons. The van der Waals surface area contributed by atoms with Crippen LogP contribution >= 0.6 is 0 Å². The van der Waals surface area contributed by atoms with Gasteiger partial charge in [-0.05, 0) is 36.6 Å². The molecule has 0 aliphatic rings. The van der Waals surface area contributed by atoms with Crippen molar-refractivity contribution in [2.75, 3.05) is 24.2 Å². The molecule has 0 bridgehead atoms. The van der Waals surface area contributed by atoms with Crippen molar-refractivity contribution in [1.29, 1.82) is 0 Å². The van der Waals surface area contributed by atoms with Gasteiger partial charge in [0.2, 0.25) is 21.8 Å². The quantitative estimate of drug-likeness (QED) is 0.614. The zero-order chi connectivity index (χ0) is 24.1. The van der Waals surface area contributed by atoms with Crippen LogP contribution in [0.5, 0.6) is 0 Å². The molecule has 2 aromatic rings. The molecule has 0 unspecified atom stereocenters. The normalized spacial score (nSPS) is 12.2. The topological polar surface area (TPSA) is 86.8 Å². The van der Waals surface area contributed by atoms with E-state index in [1.165, 1.54) is 11.9 Å². The van der Waals surface area contributed by atoms with E-state index < -0.39 is 46.1 Å². The van der Waals surface area contributed by atoms with Gasteiger partial charge in [-0.25, -0.2) is 17.2 Å². The first-order valence-electron chi connectivity index (χ1n) is 9.97. The Morgan fingerprint density at radius 3 is 2.28 bits per heavy atom. The number of anilines is 1. The van der Waals surface area contributed by atoms with Gasteiger partial charge in [0.25, 0.3) is 0 Å². The Bertz CT molecular complexity index is 1090. The molecule has 174 valence electrons. The number of aryl methyl sites for hydroxylation is 1. The summed E-state index contributed by atoms with van der Waals surface area (Å²) in [5.41, 5.74) is 1.50. The number of benzene rings is 2. The van der Waals surface area contributed by atoms with E-state index in [0.29, 0.717) is 16.8 Å². The fourth-order valence-electron chi connectivity index (χ4n) is 3.31. The number of hydrogen-bond acceptors (Lipinski definition) is 4. The molecule has 0 aliphatic heterocycles. The average molecular weight is 468 g/mol. The van der Waals surface area contributed by atoms with Gasteiger partial charge in [0, 0.05) is 19.7 Å². The molecule has 0 saturated carbocycles. The van der Waals surface area contributed by atoms with Gasteiger partial charge in [0.05, 0.1) is 11.9 Å². The predicted octanol–water partition coefficient (Wildman–Crippen LogP) is 2.59. The predicted molar refractivity (Wildman–Crippen MR) is 118 cm³/mol. The summed E-state index contributed by atoms with van der Waals surface area (Å²) in [5.74, 6) is -3.43. The maximum absolute atomic E-state index is 13.7. The molecule has 2 rings (SSSR count). The summed E-state index contributed by atoms with van der Waals surface area (Å²) >= 11 is 0. The number of rotatable bonds is 9. The second-order valence-corrected chi connectivity index (χ2v) is 9.26. The molecule has 0 spiro atoms. The van der Waals surface area contributed by atoms with E-state index >= 15 is 0 Å². The maximum Gasteiger partial charge on any atom is 0.244 e. The Labute approximate surface area is 187 Å². The van der Waals surface area contributed by atoms with E-state index in [1.807, 2.05) is 25.1 Å². The molecule has 32 heavy (non-hydrogen) atoms. The first-order valence-corrected chi connectivity index (χ1v) is 11.8. The Morgan fingerprint density at radius 1 is 1.09 bits per heavy atom. The van der Waals surface area contributed by atoms with Crippen LogP contribution in [0.4, 0.5) is 14.5 Å². The molecular formula is C22H27F2N3O4S. The van der Waals surface area contributed by atoms with Crippen molar-refractivity contribution >= 4 is 27.5 Å². The van der Waals surface area contributed by atoms with Crippen molar-refractivity contribution in [2.24, 2.45) is 0 Å². The molecule has 0 saturated heterocycles.